The Kier molecular flexibility index (Phi) is 5.09. The molecule has 0 spiro atoms. The van der Waals surface area contributed by atoms with Gasteiger partial charge < -0.3 is 0 Å². The average Bonchev–Trinajstić information content (AvgIpc) is 3.58. The van der Waals surface area contributed by atoms with E-state index in [1.807, 2.05) is 55.8 Å². The van der Waals surface area contributed by atoms with Crippen LogP contribution in [0.25, 0.3) is 44.5 Å². The van der Waals surface area contributed by atoms with Crippen molar-refractivity contribution in [2.24, 2.45) is 14.1 Å². The molecule has 0 N–H and O–H groups in total. The molecular formula is C25H25N7O3S. The number of aromatic nitrogens is 6. The van der Waals surface area contributed by atoms with Gasteiger partial charge in [-0.1, -0.05) is 12.1 Å². The summed E-state index contributed by atoms with van der Waals surface area (Å²) in [5.41, 5.74) is 5.55. The lowest BCUT2D eigenvalue weighted by Crippen LogP contribution is -2.31. The summed E-state index contributed by atoms with van der Waals surface area (Å²) < 4.78 is 30.7. The van der Waals surface area contributed by atoms with E-state index in [0.717, 1.165) is 38.9 Å². The normalized spacial score (nSPS) is 16.9. The number of hydrogen-bond acceptors (Lipinski definition) is 6. The minimum atomic E-state index is -3.32. The highest BCUT2D eigenvalue weighted by Crippen LogP contribution is 2.32. The van der Waals surface area contributed by atoms with Crippen LogP contribution in [0.1, 0.15) is 12.5 Å². The molecule has 0 aliphatic carbocycles. The molecule has 1 fully saturated rings. The smallest absolute Gasteiger partial charge is 0.293 e. The average molecular weight is 504 g/mol. The van der Waals surface area contributed by atoms with Crippen LogP contribution < -0.4 is 5.69 Å². The number of rotatable bonds is 4. The van der Waals surface area contributed by atoms with Crippen LogP contribution in [-0.2, 0) is 24.1 Å². The predicted molar refractivity (Wildman–Crippen MR) is 138 cm³/mol. The fraction of sp³-hybridized carbons (Fsp3) is 0.280. The summed E-state index contributed by atoms with van der Waals surface area (Å²) in [6.07, 6.45) is 7.19. The van der Waals surface area contributed by atoms with Gasteiger partial charge in [0, 0.05) is 50.5 Å². The summed E-state index contributed by atoms with van der Waals surface area (Å²) in [5, 5.41) is 5.25. The lowest BCUT2D eigenvalue weighted by Gasteiger charge is -2.15. The molecule has 0 bridgehead atoms. The zero-order valence-corrected chi connectivity index (χ0v) is 21.0. The van der Waals surface area contributed by atoms with Crippen molar-refractivity contribution in [2.75, 3.05) is 19.3 Å². The third-order valence-electron chi connectivity index (χ3n) is 6.95. The molecule has 6 rings (SSSR count). The number of nitrogens with zero attached hydrogens (tertiary/aromatic N) is 7. The maximum atomic E-state index is 13.3. The fourth-order valence-corrected chi connectivity index (χ4v) is 5.92. The fourth-order valence-electron chi connectivity index (χ4n) is 5.04. The van der Waals surface area contributed by atoms with Crippen molar-refractivity contribution in [1.82, 2.24) is 33.2 Å². The first-order valence-electron chi connectivity index (χ1n) is 11.6. The summed E-state index contributed by atoms with van der Waals surface area (Å²) in [5.74, 6) is 0. The zero-order valence-electron chi connectivity index (χ0n) is 20.2. The van der Waals surface area contributed by atoms with Gasteiger partial charge in [-0.2, -0.15) is 5.10 Å². The van der Waals surface area contributed by atoms with E-state index in [9.17, 15) is 13.2 Å². The Hall–Kier alpha value is -3.83. The first kappa shape index (κ1) is 22.6. The van der Waals surface area contributed by atoms with Crippen molar-refractivity contribution in [3.05, 3.63) is 65.5 Å². The summed E-state index contributed by atoms with van der Waals surface area (Å²) in [4.78, 5) is 22.5. The van der Waals surface area contributed by atoms with E-state index in [-0.39, 0.29) is 18.3 Å². The standard InChI is InChI=1S/C25H25N7O3S/c1-29-10-9-22(28-29)21-7-5-17(13-26-21)16-4-6-20-19(12-16)24-23(14-27-20)30(2)25(33)32(24)18-8-11-31(15-18)36(3,34)35/h4-7,9-10,12-14,18H,8,11,15H2,1-3H3/t18-/m0/s1. The van der Waals surface area contributed by atoms with Crippen LogP contribution in [0.4, 0.5) is 0 Å². The topological polar surface area (TPSA) is 108 Å². The molecule has 5 heterocycles. The van der Waals surface area contributed by atoms with Gasteiger partial charge in [0.05, 0.1) is 40.7 Å². The van der Waals surface area contributed by atoms with Crippen LogP contribution in [0, 0.1) is 0 Å². The van der Waals surface area contributed by atoms with Gasteiger partial charge in [0.25, 0.3) is 0 Å². The van der Waals surface area contributed by atoms with Crippen molar-refractivity contribution in [1.29, 1.82) is 0 Å². The minimum Gasteiger partial charge on any atom is -0.293 e. The summed E-state index contributed by atoms with van der Waals surface area (Å²) in [6.45, 7) is 0.676. The lowest BCUT2D eigenvalue weighted by atomic mass is 10.0. The predicted octanol–water partition coefficient (Wildman–Crippen LogP) is 2.56. The van der Waals surface area contributed by atoms with Gasteiger partial charge in [-0.15, -0.1) is 0 Å². The van der Waals surface area contributed by atoms with E-state index >= 15 is 0 Å². The van der Waals surface area contributed by atoms with Crippen LogP contribution in [0.15, 0.2) is 59.8 Å². The highest BCUT2D eigenvalue weighted by atomic mass is 32.2. The summed E-state index contributed by atoms with van der Waals surface area (Å²) >= 11 is 0. The number of benzene rings is 1. The Morgan fingerprint density at radius 2 is 1.78 bits per heavy atom. The minimum absolute atomic E-state index is 0.175. The third kappa shape index (κ3) is 3.62. The number of hydrogen-bond donors (Lipinski definition) is 0. The van der Waals surface area contributed by atoms with Crippen molar-refractivity contribution in [3.63, 3.8) is 0 Å². The molecule has 1 aromatic carbocycles. The maximum absolute atomic E-state index is 13.3. The van der Waals surface area contributed by atoms with E-state index in [2.05, 4.69) is 15.1 Å². The van der Waals surface area contributed by atoms with Gasteiger partial charge in [-0.25, -0.2) is 17.5 Å². The molecule has 1 saturated heterocycles. The molecule has 0 radical (unpaired) electrons. The largest absolute Gasteiger partial charge is 0.329 e. The van der Waals surface area contributed by atoms with Crippen molar-refractivity contribution >= 4 is 32.0 Å². The number of fused-ring (bicyclic) bond motifs is 3. The zero-order chi connectivity index (χ0) is 25.2. The molecule has 11 heteroatoms. The molecule has 0 unspecified atom stereocenters. The maximum Gasteiger partial charge on any atom is 0.329 e. The second kappa shape index (κ2) is 8.10. The SMILES string of the molecule is Cn1ccc(-c2ccc(-c3ccc4ncc5c(c4c3)n([C@H]3CCN(S(C)(=O)=O)C3)c(=O)n5C)cn2)n1. The summed E-state index contributed by atoms with van der Waals surface area (Å²) in [6, 6.07) is 11.6. The third-order valence-corrected chi connectivity index (χ3v) is 8.22. The first-order valence-corrected chi connectivity index (χ1v) is 13.5. The molecular weight excluding hydrogens is 478 g/mol. The van der Waals surface area contributed by atoms with Crippen molar-refractivity contribution < 1.29 is 8.42 Å². The summed E-state index contributed by atoms with van der Waals surface area (Å²) in [7, 11) is 0.270. The van der Waals surface area contributed by atoms with Crippen molar-refractivity contribution in [2.45, 2.75) is 12.5 Å². The Morgan fingerprint density at radius 1 is 0.972 bits per heavy atom. The van der Waals surface area contributed by atoms with E-state index in [1.165, 1.54) is 10.6 Å². The molecule has 184 valence electrons. The molecule has 0 saturated carbocycles. The molecule has 5 aromatic rings. The molecule has 4 aromatic heterocycles. The Bertz CT molecular complexity index is 1800. The Balaban J connectivity index is 1.48. The molecule has 1 aliphatic rings. The molecule has 36 heavy (non-hydrogen) atoms. The van der Waals surface area contributed by atoms with E-state index in [1.54, 1.807) is 27.1 Å². The number of sulfonamides is 1. The molecule has 1 aliphatic heterocycles. The van der Waals surface area contributed by atoms with Crippen LogP contribution in [0.2, 0.25) is 0 Å². The van der Waals surface area contributed by atoms with Crippen LogP contribution in [0.3, 0.4) is 0 Å². The van der Waals surface area contributed by atoms with E-state index < -0.39 is 10.0 Å². The molecule has 10 nitrogen and oxygen atoms in total. The number of imidazole rings is 1. The second-order valence-corrected chi connectivity index (χ2v) is 11.3. The number of aryl methyl sites for hydroxylation is 2. The van der Waals surface area contributed by atoms with Gasteiger partial charge in [-0.05, 0) is 36.2 Å². The van der Waals surface area contributed by atoms with Crippen molar-refractivity contribution in [3.8, 4) is 22.5 Å². The van der Waals surface area contributed by atoms with Crippen LogP contribution in [0.5, 0.6) is 0 Å². The highest BCUT2D eigenvalue weighted by molar-refractivity contribution is 7.88. The van der Waals surface area contributed by atoms with Gasteiger partial charge in [-0.3, -0.25) is 23.8 Å². The first-order chi connectivity index (χ1) is 17.2. The van der Waals surface area contributed by atoms with E-state index in [4.69, 9.17) is 0 Å². The molecule has 0 amide bonds. The monoisotopic (exact) mass is 503 g/mol. The molecule has 1 atom stereocenters. The van der Waals surface area contributed by atoms with Crippen LogP contribution in [-0.4, -0.2) is 61.0 Å². The Morgan fingerprint density at radius 3 is 2.44 bits per heavy atom. The quantitative estimate of drug-likeness (QED) is 0.373. The second-order valence-electron chi connectivity index (χ2n) is 9.31. The van der Waals surface area contributed by atoms with Gasteiger partial charge >= 0.3 is 5.69 Å². The number of pyridine rings is 2. The van der Waals surface area contributed by atoms with Gasteiger partial charge in [0.15, 0.2) is 0 Å². The highest BCUT2D eigenvalue weighted by Gasteiger charge is 2.32. The van der Waals surface area contributed by atoms with Crippen LogP contribution >= 0.6 is 0 Å². The van der Waals surface area contributed by atoms with Gasteiger partial charge in [0.2, 0.25) is 10.0 Å². The van der Waals surface area contributed by atoms with E-state index in [0.29, 0.717) is 18.5 Å². The Labute approximate surface area is 207 Å². The van der Waals surface area contributed by atoms with Gasteiger partial charge in [0.1, 0.15) is 5.69 Å². The lowest BCUT2D eigenvalue weighted by molar-refractivity contribution is 0.454.